The number of carbonyl (C=O) groups is 3. The topological polar surface area (TPSA) is 78.9 Å². The Hall–Kier alpha value is -2.11. The quantitative estimate of drug-likeness (QED) is 0.0261. The first-order valence-corrected chi connectivity index (χ1v) is 33.8. The van der Waals surface area contributed by atoms with E-state index < -0.39 is 6.10 Å². The van der Waals surface area contributed by atoms with Crippen molar-refractivity contribution in [3.8, 4) is 0 Å². The monoisotopic (exact) mass is 1050 g/mol. The van der Waals surface area contributed by atoms with Crippen LogP contribution in [-0.4, -0.2) is 37.2 Å². The Kier molecular flexibility index (Phi) is 62.6. The largest absolute Gasteiger partial charge is 0.462 e. The van der Waals surface area contributed by atoms with E-state index in [4.69, 9.17) is 14.2 Å². The maximum absolute atomic E-state index is 12.8. The van der Waals surface area contributed by atoms with Crippen LogP contribution in [0.5, 0.6) is 0 Å². The third-order valence-corrected chi connectivity index (χ3v) is 15.5. The van der Waals surface area contributed by atoms with Crippen molar-refractivity contribution < 1.29 is 28.6 Å². The van der Waals surface area contributed by atoms with Gasteiger partial charge in [0.15, 0.2) is 6.10 Å². The zero-order chi connectivity index (χ0) is 54.3. The Balaban J connectivity index is 3.84. The smallest absolute Gasteiger partial charge is 0.306 e. The molecule has 0 saturated carbocycles. The minimum atomic E-state index is -0.762. The van der Waals surface area contributed by atoms with Gasteiger partial charge in [0, 0.05) is 19.3 Å². The molecule has 0 heterocycles. The van der Waals surface area contributed by atoms with Gasteiger partial charge in [-0.05, 0) is 51.4 Å². The average molecular weight is 1060 g/mol. The summed E-state index contributed by atoms with van der Waals surface area (Å²) in [5, 5.41) is 0. The number of ether oxygens (including phenoxy) is 3. The van der Waals surface area contributed by atoms with E-state index in [0.29, 0.717) is 19.3 Å². The first-order chi connectivity index (χ1) is 37.0. The summed E-state index contributed by atoms with van der Waals surface area (Å²) in [7, 11) is 0. The van der Waals surface area contributed by atoms with Gasteiger partial charge >= 0.3 is 17.9 Å². The molecule has 0 bridgehead atoms. The Labute approximate surface area is 468 Å². The third kappa shape index (κ3) is 62.6. The maximum atomic E-state index is 12.8. The molecule has 1 unspecified atom stereocenters. The van der Waals surface area contributed by atoms with Crippen LogP contribution in [0.25, 0.3) is 0 Å². The highest BCUT2D eigenvalue weighted by molar-refractivity contribution is 5.71. The number of unbranched alkanes of at least 4 members (excludes halogenated alkanes) is 48. The van der Waals surface area contributed by atoms with Crippen molar-refractivity contribution in [2.75, 3.05) is 13.2 Å². The van der Waals surface area contributed by atoms with Gasteiger partial charge < -0.3 is 14.2 Å². The molecule has 75 heavy (non-hydrogen) atoms. The van der Waals surface area contributed by atoms with E-state index >= 15 is 0 Å². The molecule has 0 rings (SSSR count). The van der Waals surface area contributed by atoms with Crippen molar-refractivity contribution in [3.63, 3.8) is 0 Å². The van der Waals surface area contributed by atoms with Crippen molar-refractivity contribution in [1.29, 1.82) is 0 Å². The van der Waals surface area contributed by atoms with Crippen molar-refractivity contribution in [3.05, 3.63) is 24.3 Å². The summed E-state index contributed by atoms with van der Waals surface area (Å²) in [6, 6.07) is 0. The molecule has 0 aliphatic rings. The van der Waals surface area contributed by atoms with Crippen LogP contribution in [0.3, 0.4) is 0 Å². The highest BCUT2D eigenvalue weighted by Crippen LogP contribution is 2.18. The second-order valence-electron chi connectivity index (χ2n) is 23.1. The minimum Gasteiger partial charge on any atom is -0.462 e. The maximum Gasteiger partial charge on any atom is 0.306 e. The van der Waals surface area contributed by atoms with Gasteiger partial charge in [0.2, 0.25) is 0 Å². The molecular weight excluding hydrogens is 925 g/mol. The van der Waals surface area contributed by atoms with Crippen LogP contribution < -0.4 is 0 Å². The summed E-state index contributed by atoms with van der Waals surface area (Å²) in [5.41, 5.74) is 0. The zero-order valence-corrected chi connectivity index (χ0v) is 50.8. The summed E-state index contributed by atoms with van der Waals surface area (Å²) < 4.78 is 16.8. The van der Waals surface area contributed by atoms with Crippen LogP contribution in [-0.2, 0) is 28.6 Å². The number of allylic oxidation sites excluding steroid dienone is 4. The van der Waals surface area contributed by atoms with E-state index in [-0.39, 0.29) is 31.1 Å². The van der Waals surface area contributed by atoms with Crippen molar-refractivity contribution in [1.82, 2.24) is 0 Å². The molecule has 0 fully saturated rings. The Morgan fingerprint density at radius 1 is 0.267 bits per heavy atom. The average Bonchev–Trinajstić information content (AvgIpc) is 3.41. The number of esters is 3. The summed E-state index contributed by atoms with van der Waals surface area (Å²) in [5.74, 6) is -0.852. The molecule has 0 saturated heterocycles. The number of hydrogen-bond acceptors (Lipinski definition) is 6. The second-order valence-corrected chi connectivity index (χ2v) is 23.1. The zero-order valence-electron chi connectivity index (χ0n) is 50.8. The standard InChI is InChI=1S/C69H130O6/c1-4-7-10-13-15-17-19-21-23-25-26-27-28-29-30-31-32-33-34-35-36-37-38-39-40-41-42-44-45-47-49-51-53-56-59-62-68(71)74-65-66(64-73-67(70)61-58-55-12-9-6-3)75-69(72)63-60-57-54-52-50-48-46-43-24-22-20-18-16-14-11-8-5-2/h19,21,25-26,66H,4-18,20,22-24,27-65H2,1-3H3/b21-19-,26-25-. The van der Waals surface area contributed by atoms with Gasteiger partial charge in [-0.3, -0.25) is 14.4 Å². The fourth-order valence-corrected chi connectivity index (χ4v) is 10.4. The van der Waals surface area contributed by atoms with Crippen LogP contribution in [0.4, 0.5) is 0 Å². The molecule has 0 aromatic heterocycles. The highest BCUT2D eigenvalue weighted by Gasteiger charge is 2.19. The lowest BCUT2D eigenvalue weighted by Crippen LogP contribution is -2.30. The van der Waals surface area contributed by atoms with Crippen molar-refractivity contribution >= 4 is 17.9 Å². The highest BCUT2D eigenvalue weighted by atomic mass is 16.6. The van der Waals surface area contributed by atoms with Crippen LogP contribution in [0.2, 0.25) is 0 Å². The van der Waals surface area contributed by atoms with Crippen molar-refractivity contribution in [2.24, 2.45) is 0 Å². The van der Waals surface area contributed by atoms with Gasteiger partial charge in [-0.15, -0.1) is 0 Å². The van der Waals surface area contributed by atoms with Gasteiger partial charge in [0.1, 0.15) is 13.2 Å². The van der Waals surface area contributed by atoms with Gasteiger partial charge in [-0.25, -0.2) is 0 Å². The SMILES string of the molecule is CCCCCCC/C=C\C/C=C\CCCCCCCCCCCCCCCCCCCCCCCCCC(=O)OCC(COC(=O)CCCCCCC)OC(=O)CCCCCCCCCCCCCCCCCCC. The molecule has 6 nitrogen and oxygen atoms in total. The van der Waals surface area contributed by atoms with Gasteiger partial charge in [-0.2, -0.15) is 0 Å². The molecule has 0 amide bonds. The summed E-state index contributed by atoms with van der Waals surface area (Å²) >= 11 is 0. The molecule has 442 valence electrons. The van der Waals surface area contributed by atoms with Gasteiger partial charge in [0.25, 0.3) is 0 Å². The number of carbonyl (C=O) groups excluding carboxylic acids is 3. The Bertz CT molecular complexity index is 1210. The number of hydrogen-bond donors (Lipinski definition) is 0. The molecular formula is C69H130O6. The molecule has 0 radical (unpaired) electrons. The van der Waals surface area contributed by atoms with E-state index in [2.05, 4.69) is 45.1 Å². The predicted molar refractivity (Wildman–Crippen MR) is 326 cm³/mol. The third-order valence-electron chi connectivity index (χ3n) is 15.5. The molecule has 6 heteroatoms. The van der Waals surface area contributed by atoms with Crippen LogP contribution in [0.15, 0.2) is 24.3 Å². The first kappa shape index (κ1) is 72.9. The molecule has 0 aliphatic heterocycles. The van der Waals surface area contributed by atoms with Gasteiger partial charge in [0.05, 0.1) is 0 Å². The predicted octanol–water partition coefficient (Wildman–Crippen LogP) is 23.0. The van der Waals surface area contributed by atoms with Gasteiger partial charge in [-0.1, -0.05) is 334 Å². The van der Waals surface area contributed by atoms with Crippen molar-refractivity contribution in [2.45, 2.75) is 386 Å². The molecule has 1 atom stereocenters. The Morgan fingerprint density at radius 3 is 0.733 bits per heavy atom. The number of rotatable bonds is 63. The lowest BCUT2D eigenvalue weighted by molar-refractivity contribution is -0.167. The normalized spacial score (nSPS) is 12.1. The first-order valence-electron chi connectivity index (χ1n) is 33.8. The second kappa shape index (κ2) is 64.4. The fourth-order valence-electron chi connectivity index (χ4n) is 10.4. The van der Waals surface area contributed by atoms with Crippen LogP contribution >= 0.6 is 0 Å². The Morgan fingerprint density at radius 2 is 0.480 bits per heavy atom. The minimum absolute atomic E-state index is 0.0645. The van der Waals surface area contributed by atoms with Crippen LogP contribution in [0.1, 0.15) is 380 Å². The molecule has 0 aromatic carbocycles. The lowest BCUT2D eigenvalue weighted by Gasteiger charge is -2.18. The summed E-state index contributed by atoms with van der Waals surface area (Å²) in [6.07, 6.45) is 78.4. The van der Waals surface area contributed by atoms with E-state index in [1.54, 1.807) is 0 Å². The molecule has 0 aliphatic carbocycles. The van der Waals surface area contributed by atoms with Crippen LogP contribution in [0, 0.1) is 0 Å². The molecule has 0 N–H and O–H groups in total. The molecule has 0 spiro atoms. The lowest BCUT2D eigenvalue weighted by atomic mass is 10.0. The van der Waals surface area contributed by atoms with E-state index in [0.717, 1.165) is 70.6 Å². The summed E-state index contributed by atoms with van der Waals surface area (Å²) in [6.45, 7) is 6.61. The fraction of sp³-hybridized carbons (Fsp3) is 0.899. The van der Waals surface area contributed by atoms with E-state index in [1.807, 2.05) is 0 Å². The van der Waals surface area contributed by atoms with E-state index in [9.17, 15) is 14.4 Å². The van der Waals surface area contributed by atoms with E-state index in [1.165, 1.54) is 270 Å². The molecule has 0 aromatic rings. The summed E-state index contributed by atoms with van der Waals surface area (Å²) in [4.78, 5) is 37.9.